The number of fused-ring (bicyclic) bond motifs is 2. The molecule has 72 valence electrons. The average molecular weight is 195 g/mol. The minimum atomic E-state index is 0.983. The van der Waals surface area contributed by atoms with Crippen molar-refractivity contribution in [1.82, 2.24) is 9.97 Å². The largest absolute Gasteiger partial charge is 0.345 e. The zero-order valence-electron chi connectivity index (χ0n) is 8.01. The lowest BCUT2D eigenvalue weighted by molar-refractivity contribution is 1.34. The van der Waals surface area contributed by atoms with Crippen molar-refractivity contribution in [2.24, 2.45) is 4.99 Å². The molecule has 2 aromatic rings. The molecule has 0 amide bonds. The summed E-state index contributed by atoms with van der Waals surface area (Å²) in [5, 5.41) is 0. The van der Waals surface area contributed by atoms with Gasteiger partial charge in [-0.1, -0.05) is 6.08 Å². The SMILES string of the molecule is C1=Cc2cc3[nH]cnc3cc2/C=C\N=C1. The maximum absolute atomic E-state index is 4.23. The van der Waals surface area contributed by atoms with Crippen LogP contribution in [0.4, 0.5) is 0 Å². The third kappa shape index (κ3) is 1.38. The average Bonchev–Trinajstić information content (AvgIpc) is 2.64. The van der Waals surface area contributed by atoms with Gasteiger partial charge < -0.3 is 4.98 Å². The molecular weight excluding hydrogens is 186 g/mol. The first-order valence-corrected chi connectivity index (χ1v) is 4.77. The van der Waals surface area contributed by atoms with Gasteiger partial charge in [0, 0.05) is 12.4 Å². The number of allylic oxidation sites excluding steroid dienone is 1. The zero-order valence-corrected chi connectivity index (χ0v) is 8.01. The number of benzene rings is 1. The van der Waals surface area contributed by atoms with E-state index in [1.807, 2.05) is 18.2 Å². The van der Waals surface area contributed by atoms with Gasteiger partial charge in [0.15, 0.2) is 0 Å². The van der Waals surface area contributed by atoms with Crippen LogP contribution >= 0.6 is 0 Å². The summed E-state index contributed by atoms with van der Waals surface area (Å²) in [5.41, 5.74) is 4.36. The molecule has 3 rings (SSSR count). The highest BCUT2D eigenvalue weighted by Crippen LogP contribution is 2.20. The molecule has 0 spiro atoms. The lowest BCUT2D eigenvalue weighted by Crippen LogP contribution is -1.84. The Kier molecular flexibility index (Phi) is 1.75. The van der Waals surface area contributed by atoms with Gasteiger partial charge in [-0.15, -0.1) is 0 Å². The third-order valence-electron chi connectivity index (χ3n) is 2.41. The highest BCUT2D eigenvalue weighted by Gasteiger charge is 2.02. The second-order valence-corrected chi connectivity index (χ2v) is 3.37. The molecule has 1 aliphatic heterocycles. The van der Waals surface area contributed by atoms with Crippen LogP contribution in [0, 0.1) is 0 Å². The molecule has 1 N–H and O–H groups in total. The Hall–Kier alpha value is -2.16. The van der Waals surface area contributed by atoms with Crippen molar-refractivity contribution in [3.63, 3.8) is 0 Å². The Morgan fingerprint density at radius 2 is 2.00 bits per heavy atom. The summed E-state index contributed by atoms with van der Waals surface area (Å²) in [6.45, 7) is 0. The smallest absolute Gasteiger partial charge is 0.0931 e. The number of imidazole rings is 1. The van der Waals surface area contributed by atoms with Crippen LogP contribution in [0.3, 0.4) is 0 Å². The quantitative estimate of drug-likeness (QED) is 0.689. The van der Waals surface area contributed by atoms with E-state index in [1.165, 1.54) is 5.56 Å². The van der Waals surface area contributed by atoms with E-state index in [9.17, 15) is 0 Å². The van der Waals surface area contributed by atoms with Gasteiger partial charge in [-0.3, -0.25) is 4.99 Å². The van der Waals surface area contributed by atoms with Gasteiger partial charge in [0.1, 0.15) is 0 Å². The zero-order chi connectivity index (χ0) is 10.1. The van der Waals surface area contributed by atoms with E-state index in [2.05, 4.69) is 27.1 Å². The van der Waals surface area contributed by atoms with Crippen molar-refractivity contribution >= 4 is 29.4 Å². The van der Waals surface area contributed by atoms with Crippen LogP contribution in [0.5, 0.6) is 0 Å². The highest BCUT2D eigenvalue weighted by molar-refractivity contribution is 5.87. The first-order chi connectivity index (χ1) is 7.43. The lowest BCUT2D eigenvalue weighted by Gasteiger charge is -2.02. The van der Waals surface area contributed by atoms with Gasteiger partial charge in [-0.25, -0.2) is 4.98 Å². The summed E-state index contributed by atoms with van der Waals surface area (Å²) < 4.78 is 0. The monoisotopic (exact) mass is 195 g/mol. The molecule has 1 aromatic carbocycles. The van der Waals surface area contributed by atoms with Gasteiger partial charge in [0.25, 0.3) is 0 Å². The maximum atomic E-state index is 4.23. The number of nitrogens with zero attached hydrogens (tertiary/aromatic N) is 2. The summed E-state index contributed by atoms with van der Waals surface area (Å²) in [7, 11) is 0. The molecule has 0 saturated carbocycles. The van der Waals surface area contributed by atoms with Crippen LogP contribution in [0.2, 0.25) is 0 Å². The van der Waals surface area contributed by atoms with Crippen LogP contribution in [0.15, 0.2) is 35.7 Å². The predicted molar refractivity (Wildman–Crippen MR) is 62.7 cm³/mol. The highest BCUT2D eigenvalue weighted by atomic mass is 14.9. The summed E-state index contributed by atoms with van der Waals surface area (Å²) in [6, 6.07) is 4.15. The summed E-state index contributed by atoms with van der Waals surface area (Å²) in [6.07, 6.45) is 11.2. The summed E-state index contributed by atoms with van der Waals surface area (Å²) in [5.74, 6) is 0. The normalized spacial score (nSPS) is 16.0. The van der Waals surface area contributed by atoms with Crippen molar-refractivity contribution in [1.29, 1.82) is 0 Å². The minimum absolute atomic E-state index is 0.983. The van der Waals surface area contributed by atoms with E-state index >= 15 is 0 Å². The van der Waals surface area contributed by atoms with E-state index in [1.54, 1.807) is 18.7 Å². The molecule has 3 nitrogen and oxygen atoms in total. The fraction of sp³-hybridized carbons (Fsp3) is 0. The van der Waals surface area contributed by atoms with E-state index in [4.69, 9.17) is 0 Å². The predicted octanol–water partition coefficient (Wildman–Crippen LogP) is 2.63. The number of rotatable bonds is 0. The number of nitrogens with one attached hydrogen (secondary N) is 1. The molecule has 0 bridgehead atoms. The Morgan fingerprint density at radius 3 is 3.00 bits per heavy atom. The maximum Gasteiger partial charge on any atom is 0.0931 e. The Labute approximate surface area is 86.9 Å². The first kappa shape index (κ1) is 8.17. The van der Waals surface area contributed by atoms with Gasteiger partial charge >= 0.3 is 0 Å². The summed E-state index contributed by atoms with van der Waals surface area (Å²) in [4.78, 5) is 11.4. The van der Waals surface area contributed by atoms with Gasteiger partial charge in [0.05, 0.1) is 17.4 Å². The molecule has 1 aromatic heterocycles. The molecule has 0 atom stereocenters. The van der Waals surface area contributed by atoms with Crippen molar-refractivity contribution < 1.29 is 0 Å². The second kappa shape index (κ2) is 3.20. The van der Waals surface area contributed by atoms with E-state index < -0.39 is 0 Å². The van der Waals surface area contributed by atoms with Crippen molar-refractivity contribution in [2.75, 3.05) is 0 Å². The fourth-order valence-corrected chi connectivity index (χ4v) is 1.67. The molecule has 0 unspecified atom stereocenters. The fourth-order valence-electron chi connectivity index (χ4n) is 1.67. The van der Waals surface area contributed by atoms with E-state index in [-0.39, 0.29) is 0 Å². The number of aromatic nitrogens is 2. The number of hydrogen-bond acceptors (Lipinski definition) is 2. The van der Waals surface area contributed by atoms with Gasteiger partial charge in [-0.05, 0) is 35.4 Å². The number of aliphatic imine (C=N–C) groups is 1. The Balaban J connectivity index is 2.31. The molecule has 15 heavy (non-hydrogen) atoms. The first-order valence-electron chi connectivity index (χ1n) is 4.77. The molecule has 0 fully saturated rings. The molecule has 0 radical (unpaired) electrons. The molecule has 3 heteroatoms. The number of aromatic amines is 1. The van der Waals surface area contributed by atoms with Crippen molar-refractivity contribution in [3.8, 4) is 0 Å². The Morgan fingerprint density at radius 1 is 1.07 bits per heavy atom. The van der Waals surface area contributed by atoms with Gasteiger partial charge in [-0.2, -0.15) is 0 Å². The van der Waals surface area contributed by atoms with Crippen LogP contribution < -0.4 is 0 Å². The molecular formula is C12H9N3. The molecule has 0 saturated heterocycles. The van der Waals surface area contributed by atoms with Crippen molar-refractivity contribution in [3.05, 3.63) is 41.9 Å². The van der Waals surface area contributed by atoms with Crippen LogP contribution in [-0.2, 0) is 0 Å². The Bertz CT molecular complexity index is 538. The number of hydrogen-bond donors (Lipinski definition) is 1. The van der Waals surface area contributed by atoms with Gasteiger partial charge in [0.2, 0.25) is 0 Å². The second-order valence-electron chi connectivity index (χ2n) is 3.37. The molecule has 1 aliphatic rings. The van der Waals surface area contributed by atoms with Crippen LogP contribution in [0.25, 0.3) is 23.2 Å². The van der Waals surface area contributed by atoms with E-state index in [0.717, 1.165) is 16.6 Å². The van der Waals surface area contributed by atoms with Crippen LogP contribution in [-0.4, -0.2) is 16.2 Å². The summed E-state index contributed by atoms with van der Waals surface area (Å²) >= 11 is 0. The van der Waals surface area contributed by atoms with E-state index in [0.29, 0.717) is 0 Å². The van der Waals surface area contributed by atoms with Crippen LogP contribution in [0.1, 0.15) is 11.1 Å². The molecule has 2 heterocycles. The minimum Gasteiger partial charge on any atom is -0.345 e. The standard InChI is InChI=1S/C12H9N3/c1-2-9-6-11-12(15-8-14-11)7-10(9)3-5-13-4-1/h1-8H,(H,14,15)/b2-1?,4-1?,5-3-,9-2?,10-3?,13-4?,13-5?. The number of H-pyrrole nitrogens is 1. The van der Waals surface area contributed by atoms with Crippen molar-refractivity contribution in [2.45, 2.75) is 0 Å². The molecule has 0 aliphatic carbocycles. The third-order valence-corrected chi connectivity index (χ3v) is 2.41. The topological polar surface area (TPSA) is 41.0 Å². The lowest BCUT2D eigenvalue weighted by atomic mass is 10.1.